The second-order valence-corrected chi connectivity index (χ2v) is 3.04. The molecule has 0 atom stereocenters. The molecule has 0 aliphatic carbocycles. The molecule has 0 saturated carbocycles. The topological polar surface area (TPSA) is 53.6 Å². The number of nitrogens with one attached hydrogen (secondary N) is 1. The lowest BCUT2D eigenvalue weighted by atomic mass is 10.3. The number of nitriles is 1. The van der Waals surface area contributed by atoms with Crippen molar-refractivity contribution >= 4 is 23.0 Å². The van der Waals surface area contributed by atoms with Crippen molar-refractivity contribution in [3.05, 3.63) is 12.0 Å². The molecule has 0 spiro atoms. The lowest BCUT2D eigenvalue weighted by molar-refractivity contribution is 0.719. The van der Waals surface area contributed by atoms with Crippen LogP contribution in [0.4, 0.5) is 5.82 Å². The second kappa shape index (κ2) is 2.57. The number of hydrogen-bond donors (Lipinski definition) is 1. The van der Waals surface area contributed by atoms with Gasteiger partial charge in [-0.25, -0.2) is 4.98 Å². The smallest absolute Gasteiger partial charge is 0.183 e. The maximum atomic E-state index is 8.66. The minimum Gasteiger partial charge on any atom is -0.334 e. The maximum Gasteiger partial charge on any atom is 0.183 e. The van der Waals surface area contributed by atoms with E-state index in [4.69, 9.17) is 17.5 Å². The summed E-state index contributed by atoms with van der Waals surface area (Å²) in [6.45, 7) is 0.815. The molecule has 0 aromatic carbocycles. The molecule has 4 nitrogen and oxygen atoms in total. The van der Waals surface area contributed by atoms with Crippen molar-refractivity contribution in [1.29, 1.82) is 5.26 Å². The van der Waals surface area contributed by atoms with E-state index in [1.54, 1.807) is 6.33 Å². The van der Waals surface area contributed by atoms with Gasteiger partial charge in [0.15, 0.2) is 5.69 Å². The first-order valence-electron chi connectivity index (χ1n) is 3.56. The highest BCUT2D eigenvalue weighted by molar-refractivity contribution is 7.80. The minimum atomic E-state index is 0.414. The van der Waals surface area contributed by atoms with E-state index in [0.717, 1.165) is 23.8 Å². The summed E-state index contributed by atoms with van der Waals surface area (Å²) >= 11 is 4.99. The van der Waals surface area contributed by atoms with Gasteiger partial charge in [0.2, 0.25) is 0 Å². The van der Waals surface area contributed by atoms with E-state index < -0.39 is 0 Å². The van der Waals surface area contributed by atoms with Crippen LogP contribution < -0.4 is 5.32 Å². The van der Waals surface area contributed by atoms with Crippen molar-refractivity contribution in [3.63, 3.8) is 0 Å². The SMILES string of the molecule is N#Cc1ncn2c1NC(=S)CC2. The van der Waals surface area contributed by atoms with Crippen molar-refractivity contribution in [3.8, 4) is 6.07 Å². The number of anilines is 1. The lowest BCUT2D eigenvalue weighted by Crippen LogP contribution is -2.21. The van der Waals surface area contributed by atoms with E-state index >= 15 is 0 Å². The Morgan fingerprint density at radius 1 is 1.75 bits per heavy atom. The van der Waals surface area contributed by atoms with Gasteiger partial charge in [0.05, 0.1) is 11.3 Å². The summed E-state index contributed by atoms with van der Waals surface area (Å²) in [5, 5.41) is 11.6. The van der Waals surface area contributed by atoms with E-state index in [-0.39, 0.29) is 0 Å². The Labute approximate surface area is 74.8 Å². The van der Waals surface area contributed by atoms with Gasteiger partial charge in [0.25, 0.3) is 0 Å². The molecule has 60 valence electrons. The number of aryl methyl sites for hydroxylation is 1. The van der Waals surface area contributed by atoms with E-state index in [0.29, 0.717) is 5.69 Å². The number of thiocarbonyl (C=S) groups is 1. The molecule has 1 aromatic rings. The van der Waals surface area contributed by atoms with Gasteiger partial charge < -0.3 is 9.88 Å². The van der Waals surface area contributed by atoms with Crippen LogP contribution in [0.1, 0.15) is 12.1 Å². The van der Waals surface area contributed by atoms with Crippen molar-refractivity contribution in [2.24, 2.45) is 0 Å². The largest absolute Gasteiger partial charge is 0.334 e. The van der Waals surface area contributed by atoms with Gasteiger partial charge in [-0.2, -0.15) is 5.26 Å². The van der Waals surface area contributed by atoms with Crippen LogP contribution in [0.15, 0.2) is 6.33 Å². The summed E-state index contributed by atoms with van der Waals surface area (Å²) < 4.78 is 1.90. The fourth-order valence-electron chi connectivity index (χ4n) is 1.18. The number of nitrogens with zero attached hydrogens (tertiary/aromatic N) is 3. The van der Waals surface area contributed by atoms with Gasteiger partial charge in [-0.1, -0.05) is 12.2 Å². The highest BCUT2D eigenvalue weighted by Gasteiger charge is 2.16. The number of rotatable bonds is 0. The highest BCUT2D eigenvalue weighted by Crippen LogP contribution is 2.18. The van der Waals surface area contributed by atoms with Gasteiger partial charge in [-0.15, -0.1) is 0 Å². The third-order valence-corrected chi connectivity index (χ3v) is 2.09. The normalized spacial score (nSPS) is 14.8. The Bertz CT molecular complexity index is 373. The van der Waals surface area contributed by atoms with Crippen LogP contribution in [0.2, 0.25) is 0 Å². The molecule has 1 aliphatic rings. The molecule has 1 N–H and O–H groups in total. The first-order chi connectivity index (χ1) is 5.81. The van der Waals surface area contributed by atoms with E-state index in [1.165, 1.54) is 0 Å². The van der Waals surface area contributed by atoms with Crippen LogP contribution in [-0.4, -0.2) is 14.5 Å². The fourth-order valence-corrected chi connectivity index (χ4v) is 1.37. The molecule has 0 bridgehead atoms. The predicted molar refractivity (Wildman–Crippen MR) is 47.8 cm³/mol. The third kappa shape index (κ3) is 0.970. The molecule has 0 amide bonds. The first kappa shape index (κ1) is 7.25. The number of aromatic nitrogens is 2. The molecule has 0 radical (unpaired) electrons. The molecule has 0 saturated heterocycles. The Hall–Kier alpha value is -1.41. The summed E-state index contributed by atoms with van der Waals surface area (Å²) in [6, 6.07) is 2.00. The van der Waals surface area contributed by atoms with E-state index in [1.807, 2.05) is 10.6 Å². The second-order valence-electron chi connectivity index (χ2n) is 2.55. The Balaban J connectivity index is 2.48. The molecule has 0 fully saturated rings. The van der Waals surface area contributed by atoms with Crippen molar-refractivity contribution in [2.45, 2.75) is 13.0 Å². The zero-order valence-electron chi connectivity index (χ0n) is 6.24. The zero-order valence-corrected chi connectivity index (χ0v) is 7.06. The number of fused-ring (bicyclic) bond motifs is 1. The van der Waals surface area contributed by atoms with Crippen LogP contribution in [-0.2, 0) is 6.54 Å². The van der Waals surface area contributed by atoms with E-state index in [9.17, 15) is 0 Å². The zero-order chi connectivity index (χ0) is 8.55. The molecule has 12 heavy (non-hydrogen) atoms. The summed E-state index contributed by atoms with van der Waals surface area (Å²) in [5.41, 5.74) is 0.414. The summed E-state index contributed by atoms with van der Waals surface area (Å²) in [5.74, 6) is 0.730. The van der Waals surface area contributed by atoms with Crippen LogP contribution in [0.3, 0.4) is 0 Å². The summed E-state index contributed by atoms with van der Waals surface area (Å²) in [7, 11) is 0. The quantitative estimate of drug-likeness (QED) is 0.600. The van der Waals surface area contributed by atoms with Gasteiger partial charge in [0.1, 0.15) is 11.9 Å². The monoisotopic (exact) mass is 178 g/mol. The molecule has 1 aliphatic heterocycles. The van der Waals surface area contributed by atoms with E-state index in [2.05, 4.69) is 10.3 Å². The molecular formula is C7H6N4S. The van der Waals surface area contributed by atoms with Gasteiger partial charge in [-0.3, -0.25) is 0 Å². The lowest BCUT2D eigenvalue weighted by Gasteiger charge is -2.16. The van der Waals surface area contributed by atoms with Crippen LogP contribution in [0, 0.1) is 11.3 Å². The number of imidazole rings is 1. The average Bonchev–Trinajstić information content (AvgIpc) is 2.46. The molecule has 5 heteroatoms. The Morgan fingerprint density at radius 3 is 3.33 bits per heavy atom. The van der Waals surface area contributed by atoms with Crippen molar-refractivity contribution in [1.82, 2.24) is 9.55 Å². The van der Waals surface area contributed by atoms with Crippen molar-refractivity contribution < 1.29 is 0 Å². The molecular weight excluding hydrogens is 172 g/mol. The van der Waals surface area contributed by atoms with Crippen LogP contribution in [0.25, 0.3) is 0 Å². The molecule has 0 unspecified atom stereocenters. The molecule has 2 rings (SSSR count). The maximum absolute atomic E-state index is 8.66. The van der Waals surface area contributed by atoms with Crippen molar-refractivity contribution in [2.75, 3.05) is 5.32 Å². The highest BCUT2D eigenvalue weighted by atomic mass is 32.1. The van der Waals surface area contributed by atoms with Gasteiger partial charge in [0, 0.05) is 13.0 Å². The molecule has 1 aromatic heterocycles. The van der Waals surface area contributed by atoms with Gasteiger partial charge in [-0.05, 0) is 0 Å². The van der Waals surface area contributed by atoms with Crippen LogP contribution >= 0.6 is 12.2 Å². The average molecular weight is 178 g/mol. The summed E-state index contributed by atoms with van der Waals surface area (Å²) in [4.78, 5) is 4.71. The minimum absolute atomic E-state index is 0.414. The van der Waals surface area contributed by atoms with Gasteiger partial charge >= 0.3 is 0 Å². The molecule has 2 heterocycles. The van der Waals surface area contributed by atoms with Crippen LogP contribution in [0.5, 0.6) is 0 Å². The fraction of sp³-hybridized carbons (Fsp3) is 0.286. The summed E-state index contributed by atoms with van der Waals surface area (Å²) in [6.07, 6.45) is 2.48. The Morgan fingerprint density at radius 2 is 2.58 bits per heavy atom. The standard InChI is InChI=1S/C7H6N4S/c8-3-5-7-10-6(12)1-2-11(7)4-9-5/h4H,1-2H2,(H,10,12). The third-order valence-electron chi connectivity index (χ3n) is 1.78. The Kier molecular flexibility index (Phi) is 1.55. The number of hydrogen-bond acceptors (Lipinski definition) is 3. The first-order valence-corrected chi connectivity index (χ1v) is 3.97. The predicted octanol–water partition coefficient (Wildman–Crippen LogP) is 0.898.